The lowest BCUT2D eigenvalue weighted by Gasteiger charge is -2.20. The van der Waals surface area contributed by atoms with Crippen LogP contribution in [0.5, 0.6) is 0 Å². The van der Waals surface area contributed by atoms with Crippen LogP contribution in [0.4, 0.5) is 5.00 Å². The van der Waals surface area contributed by atoms with E-state index in [9.17, 15) is 9.59 Å². The van der Waals surface area contributed by atoms with Crippen LogP contribution in [0.2, 0.25) is 4.34 Å². The minimum Gasteiger partial charge on any atom is -0.462 e. The predicted molar refractivity (Wildman–Crippen MR) is 144 cm³/mol. The molecule has 0 bridgehead atoms. The molecule has 0 aliphatic heterocycles. The standard InChI is InChI=1S/C27H25ClN2O3S2/c1-3-15-9-10-17-22(13-15)35-26(24(17)27(32)33-4-2)30-25(31)18-14-20(21-11-12-23(28)34-21)29-19-8-6-5-7-16(18)19/h5-8,11-12,14-15H,3-4,9-10,13H2,1-2H3,(H,30,31)/t15-/m1/s1. The van der Waals surface area contributed by atoms with Crippen molar-refractivity contribution in [2.24, 2.45) is 5.92 Å². The van der Waals surface area contributed by atoms with Crippen molar-refractivity contribution >= 4 is 62.1 Å². The SMILES string of the molecule is CCOC(=O)c1c(NC(=O)c2cc(-c3ccc(Cl)s3)nc3ccccc23)sc2c1CC[C@@H](CC)C2. The van der Waals surface area contributed by atoms with Gasteiger partial charge in [0.05, 0.1) is 38.2 Å². The largest absolute Gasteiger partial charge is 0.462 e. The normalized spacial score (nSPS) is 15.1. The summed E-state index contributed by atoms with van der Waals surface area (Å²) in [6.45, 7) is 4.28. The zero-order valence-electron chi connectivity index (χ0n) is 19.5. The third kappa shape index (κ3) is 4.73. The van der Waals surface area contributed by atoms with E-state index in [0.717, 1.165) is 47.0 Å². The Labute approximate surface area is 217 Å². The number of esters is 1. The van der Waals surface area contributed by atoms with E-state index in [1.807, 2.05) is 36.4 Å². The van der Waals surface area contributed by atoms with E-state index < -0.39 is 0 Å². The number of carbonyl (C=O) groups is 2. The van der Waals surface area contributed by atoms with Crippen LogP contribution in [0.25, 0.3) is 21.5 Å². The van der Waals surface area contributed by atoms with Gasteiger partial charge in [0.1, 0.15) is 5.00 Å². The molecule has 5 nitrogen and oxygen atoms in total. The Bertz CT molecular complexity index is 1430. The highest BCUT2D eigenvalue weighted by Crippen LogP contribution is 2.41. The zero-order chi connectivity index (χ0) is 24.5. The molecule has 3 heterocycles. The number of amides is 1. The number of pyridine rings is 1. The quantitative estimate of drug-likeness (QED) is 0.263. The highest BCUT2D eigenvalue weighted by Gasteiger charge is 2.30. The number of halogens is 1. The number of anilines is 1. The lowest BCUT2D eigenvalue weighted by atomic mass is 9.85. The first-order valence-electron chi connectivity index (χ1n) is 11.8. The molecular weight excluding hydrogens is 500 g/mol. The van der Waals surface area contributed by atoms with Crippen LogP contribution < -0.4 is 5.32 Å². The zero-order valence-corrected chi connectivity index (χ0v) is 21.9. The smallest absolute Gasteiger partial charge is 0.341 e. The fourth-order valence-corrected chi connectivity index (χ4v) is 6.97. The van der Waals surface area contributed by atoms with Gasteiger partial charge < -0.3 is 10.1 Å². The van der Waals surface area contributed by atoms with E-state index in [1.165, 1.54) is 27.6 Å². The average Bonchev–Trinajstić information content (AvgIpc) is 3.45. The summed E-state index contributed by atoms with van der Waals surface area (Å²) >= 11 is 9.07. The summed E-state index contributed by atoms with van der Waals surface area (Å²) < 4.78 is 6.04. The van der Waals surface area contributed by atoms with E-state index in [2.05, 4.69) is 12.2 Å². The molecule has 1 N–H and O–H groups in total. The number of fused-ring (bicyclic) bond motifs is 2. The number of hydrogen-bond acceptors (Lipinski definition) is 6. The second-order valence-corrected chi connectivity index (χ2v) is 11.4. The highest BCUT2D eigenvalue weighted by molar-refractivity contribution is 7.19. The molecule has 1 aromatic carbocycles. The van der Waals surface area contributed by atoms with Gasteiger partial charge in [-0.15, -0.1) is 22.7 Å². The summed E-state index contributed by atoms with van der Waals surface area (Å²) in [6, 6.07) is 13.1. The van der Waals surface area contributed by atoms with Crippen molar-refractivity contribution in [1.29, 1.82) is 0 Å². The highest BCUT2D eigenvalue weighted by atomic mass is 35.5. The van der Waals surface area contributed by atoms with Crippen LogP contribution in [0.15, 0.2) is 42.5 Å². The van der Waals surface area contributed by atoms with Gasteiger partial charge in [-0.1, -0.05) is 43.1 Å². The fraction of sp³-hybridized carbons (Fsp3) is 0.296. The topological polar surface area (TPSA) is 68.3 Å². The molecule has 180 valence electrons. The Morgan fingerprint density at radius 3 is 2.74 bits per heavy atom. The third-order valence-corrected chi connectivity index (χ3v) is 8.86. The third-order valence-electron chi connectivity index (χ3n) is 6.44. The number of nitrogens with one attached hydrogen (secondary N) is 1. The van der Waals surface area contributed by atoms with Crippen LogP contribution >= 0.6 is 34.3 Å². The number of hydrogen-bond donors (Lipinski definition) is 1. The van der Waals surface area contributed by atoms with Crippen LogP contribution in [-0.2, 0) is 17.6 Å². The molecule has 0 saturated carbocycles. The number of benzene rings is 1. The molecule has 8 heteroatoms. The molecule has 1 aliphatic rings. The number of ether oxygens (including phenoxy) is 1. The first kappa shape index (κ1) is 24.0. The van der Waals surface area contributed by atoms with Gasteiger partial charge in [0.2, 0.25) is 0 Å². The molecule has 5 rings (SSSR count). The number of carbonyl (C=O) groups excluding carboxylic acids is 2. The fourth-order valence-electron chi connectivity index (χ4n) is 4.62. The average molecular weight is 525 g/mol. The van der Waals surface area contributed by atoms with E-state index in [4.69, 9.17) is 21.3 Å². The molecule has 3 aromatic heterocycles. The first-order chi connectivity index (χ1) is 17.0. The molecule has 0 fully saturated rings. The van der Waals surface area contributed by atoms with Gasteiger partial charge in [-0.3, -0.25) is 4.79 Å². The van der Waals surface area contributed by atoms with Crippen molar-refractivity contribution in [3.63, 3.8) is 0 Å². The number of nitrogens with zero attached hydrogens (tertiary/aromatic N) is 1. The molecule has 35 heavy (non-hydrogen) atoms. The Morgan fingerprint density at radius 1 is 1.17 bits per heavy atom. The molecule has 1 atom stereocenters. The number of aromatic nitrogens is 1. The van der Waals surface area contributed by atoms with Crippen molar-refractivity contribution in [2.75, 3.05) is 11.9 Å². The van der Waals surface area contributed by atoms with Crippen LogP contribution in [0.1, 0.15) is 57.8 Å². The van der Waals surface area contributed by atoms with Crippen molar-refractivity contribution in [3.8, 4) is 10.6 Å². The molecule has 4 aromatic rings. The van der Waals surface area contributed by atoms with Crippen LogP contribution in [0, 0.1) is 5.92 Å². The van der Waals surface area contributed by atoms with Gasteiger partial charge in [0.25, 0.3) is 5.91 Å². The summed E-state index contributed by atoms with van der Waals surface area (Å²) in [4.78, 5) is 33.4. The minimum atomic E-state index is -0.372. The molecule has 1 aliphatic carbocycles. The second-order valence-electron chi connectivity index (χ2n) is 8.58. The minimum absolute atomic E-state index is 0.274. The summed E-state index contributed by atoms with van der Waals surface area (Å²) in [5.41, 5.74) is 3.46. The van der Waals surface area contributed by atoms with E-state index in [1.54, 1.807) is 13.0 Å². The van der Waals surface area contributed by atoms with Gasteiger partial charge in [0, 0.05) is 10.3 Å². The number of thiophene rings is 2. The van der Waals surface area contributed by atoms with Crippen LogP contribution in [0.3, 0.4) is 0 Å². The maximum Gasteiger partial charge on any atom is 0.341 e. The summed E-state index contributed by atoms with van der Waals surface area (Å²) in [7, 11) is 0. The van der Waals surface area contributed by atoms with Crippen molar-refractivity contribution < 1.29 is 14.3 Å². The second kappa shape index (κ2) is 10.1. The molecule has 0 spiro atoms. The van der Waals surface area contributed by atoms with Crippen molar-refractivity contribution in [2.45, 2.75) is 39.5 Å². The molecule has 1 amide bonds. The van der Waals surface area contributed by atoms with Gasteiger partial charge >= 0.3 is 5.97 Å². The van der Waals surface area contributed by atoms with E-state index in [-0.39, 0.29) is 18.5 Å². The summed E-state index contributed by atoms with van der Waals surface area (Å²) in [6.07, 6.45) is 3.91. The number of rotatable bonds is 6. The molecular formula is C27H25ClN2O3S2. The Morgan fingerprint density at radius 2 is 2.00 bits per heavy atom. The van der Waals surface area contributed by atoms with Crippen LogP contribution in [-0.4, -0.2) is 23.5 Å². The predicted octanol–water partition coefficient (Wildman–Crippen LogP) is 7.62. The van der Waals surface area contributed by atoms with Gasteiger partial charge in [0.15, 0.2) is 0 Å². The first-order valence-corrected chi connectivity index (χ1v) is 13.8. The Balaban J connectivity index is 1.56. The molecule has 0 saturated heterocycles. The van der Waals surface area contributed by atoms with E-state index >= 15 is 0 Å². The van der Waals surface area contributed by atoms with Crippen molar-refractivity contribution in [3.05, 3.63) is 68.4 Å². The van der Waals surface area contributed by atoms with Gasteiger partial charge in [-0.2, -0.15) is 0 Å². The molecule has 0 unspecified atom stereocenters. The lowest BCUT2D eigenvalue weighted by molar-refractivity contribution is 0.0526. The molecule has 0 radical (unpaired) electrons. The summed E-state index contributed by atoms with van der Waals surface area (Å²) in [5.74, 6) is -0.0449. The maximum atomic E-state index is 13.7. The Hall–Kier alpha value is -2.74. The van der Waals surface area contributed by atoms with Crippen molar-refractivity contribution in [1.82, 2.24) is 4.98 Å². The lowest BCUT2D eigenvalue weighted by Crippen LogP contribution is -2.17. The Kier molecular flexibility index (Phi) is 6.91. The van der Waals surface area contributed by atoms with Gasteiger partial charge in [-0.25, -0.2) is 9.78 Å². The van der Waals surface area contributed by atoms with E-state index in [0.29, 0.717) is 32.1 Å². The summed E-state index contributed by atoms with van der Waals surface area (Å²) in [5, 5.41) is 4.38. The van der Waals surface area contributed by atoms with Gasteiger partial charge in [-0.05, 0) is 61.9 Å². The maximum absolute atomic E-state index is 13.7. The number of para-hydroxylation sites is 1. The monoisotopic (exact) mass is 524 g/mol.